The maximum atomic E-state index is 13.0. The van der Waals surface area contributed by atoms with Crippen LogP contribution in [0.25, 0.3) is 11.0 Å². The van der Waals surface area contributed by atoms with Gasteiger partial charge in [-0.25, -0.2) is 0 Å². The fourth-order valence-electron chi connectivity index (χ4n) is 2.87. The number of furan rings is 1. The zero-order valence-electron chi connectivity index (χ0n) is 16.0. The van der Waals surface area contributed by atoms with Gasteiger partial charge in [-0.05, 0) is 44.2 Å². The summed E-state index contributed by atoms with van der Waals surface area (Å²) in [5, 5.41) is 2.84. The van der Waals surface area contributed by atoms with E-state index < -0.39 is 5.38 Å². The van der Waals surface area contributed by atoms with Crippen LogP contribution in [-0.4, -0.2) is 31.3 Å². The van der Waals surface area contributed by atoms with Crippen LogP contribution >= 0.6 is 11.6 Å². The van der Waals surface area contributed by atoms with Gasteiger partial charge in [0, 0.05) is 28.3 Å². The lowest BCUT2D eigenvalue weighted by Gasteiger charge is -2.08. The minimum absolute atomic E-state index is 0.233. The highest BCUT2D eigenvalue weighted by molar-refractivity contribution is 6.32. The highest BCUT2D eigenvalue weighted by atomic mass is 35.5. The van der Waals surface area contributed by atoms with Gasteiger partial charge in [0.1, 0.15) is 11.0 Å². The zero-order chi connectivity index (χ0) is 20.4. The van der Waals surface area contributed by atoms with E-state index in [1.165, 1.54) is 14.2 Å². The minimum atomic E-state index is -0.656. The van der Waals surface area contributed by atoms with Crippen LogP contribution in [0, 0.1) is 6.92 Å². The van der Waals surface area contributed by atoms with Gasteiger partial charge in [0.15, 0.2) is 17.3 Å². The van der Waals surface area contributed by atoms with E-state index in [2.05, 4.69) is 5.32 Å². The lowest BCUT2D eigenvalue weighted by Crippen LogP contribution is -2.20. The Morgan fingerprint density at radius 3 is 2.43 bits per heavy atom. The molecule has 0 radical (unpaired) electrons. The number of amides is 1. The first kappa shape index (κ1) is 19.8. The Kier molecular flexibility index (Phi) is 5.61. The van der Waals surface area contributed by atoms with Gasteiger partial charge in [-0.3, -0.25) is 9.59 Å². The molecule has 1 aromatic heterocycles. The number of hydrogen-bond donors (Lipinski definition) is 1. The highest BCUT2D eigenvalue weighted by Crippen LogP contribution is 2.32. The van der Waals surface area contributed by atoms with Crippen molar-refractivity contribution in [3.8, 4) is 11.5 Å². The Hall–Kier alpha value is -2.99. The summed E-state index contributed by atoms with van der Waals surface area (Å²) < 4.78 is 16.3. The van der Waals surface area contributed by atoms with Crippen molar-refractivity contribution in [1.82, 2.24) is 0 Å². The Morgan fingerprint density at radius 2 is 1.79 bits per heavy atom. The summed E-state index contributed by atoms with van der Waals surface area (Å²) in [6.07, 6.45) is 0. The van der Waals surface area contributed by atoms with Crippen LogP contribution in [0.5, 0.6) is 11.5 Å². The molecule has 0 spiro atoms. The third-order valence-corrected chi connectivity index (χ3v) is 4.62. The summed E-state index contributed by atoms with van der Waals surface area (Å²) in [4.78, 5) is 24.8. The second-order valence-electron chi connectivity index (χ2n) is 6.27. The number of fused-ring (bicyclic) bond motifs is 1. The monoisotopic (exact) mass is 401 g/mol. The number of carbonyl (C=O) groups is 2. The second-order valence-corrected chi connectivity index (χ2v) is 6.93. The van der Waals surface area contributed by atoms with E-state index in [1.54, 1.807) is 43.3 Å². The quantitative estimate of drug-likeness (QED) is 0.484. The molecule has 0 saturated heterocycles. The fraction of sp³-hybridized carbons (Fsp3) is 0.238. The third kappa shape index (κ3) is 3.68. The van der Waals surface area contributed by atoms with Crippen molar-refractivity contribution in [2.45, 2.75) is 19.2 Å². The lowest BCUT2D eigenvalue weighted by atomic mass is 10.0. The van der Waals surface area contributed by atoms with Crippen molar-refractivity contribution in [2.24, 2.45) is 0 Å². The first-order valence-electron chi connectivity index (χ1n) is 8.60. The molecular weight excluding hydrogens is 382 g/mol. The molecule has 3 aromatic rings. The number of aryl methyl sites for hydroxylation is 1. The fourth-order valence-corrected chi connectivity index (χ4v) is 2.92. The maximum Gasteiger partial charge on any atom is 0.242 e. The van der Waals surface area contributed by atoms with Crippen molar-refractivity contribution in [3.63, 3.8) is 0 Å². The molecule has 1 unspecified atom stereocenters. The molecule has 0 bridgehead atoms. The number of benzene rings is 2. The smallest absolute Gasteiger partial charge is 0.242 e. The van der Waals surface area contributed by atoms with E-state index in [-0.39, 0.29) is 17.5 Å². The number of nitrogens with one attached hydrogen (secondary N) is 1. The molecule has 1 atom stereocenters. The molecule has 0 aliphatic carbocycles. The van der Waals surface area contributed by atoms with Gasteiger partial charge in [0.25, 0.3) is 0 Å². The summed E-state index contributed by atoms with van der Waals surface area (Å²) in [7, 11) is 3.04. The molecule has 0 fully saturated rings. The topological polar surface area (TPSA) is 77.8 Å². The van der Waals surface area contributed by atoms with Crippen molar-refractivity contribution < 1.29 is 23.5 Å². The number of methoxy groups -OCH3 is 2. The normalized spacial score (nSPS) is 11.9. The van der Waals surface area contributed by atoms with Gasteiger partial charge < -0.3 is 19.2 Å². The Bertz CT molecular complexity index is 1050. The number of hydrogen-bond acceptors (Lipinski definition) is 5. The SMILES string of the molecule is COc1ccc(C(=O)c2oc3cc(NC(=O)C(C)Cl)ccc3c2C)cc1OC. The van der Waals surface area contributed by atoms with Crippen LogP contribution in [0.2, 0.25) is 0 Å². The molecule has 1 amide bonds. The van der Waals surface area contributed by atoms with Crippen molar-refractivity contribution >= 4 is 39.9 Å². The van der Waals surface area contributed by atoms with Crippen molar-refractivity contribution in [1.29, 1.82) is 0 Å². The van der Waals surface area contributed by atoms with E-state index in [4.69, 9.17) is 25.5 Å². The largest absolute Gasteiger partial charge is 0.493 e. The molecule has 0 aliphatic heterocycles. The number of halogens is 1. The molecular formula is C21H20ClNO5. The predicted octanol–water partition coefficient (Wildman–Crippen LogP) is 4.56. The van der Waals surface area contributed by atoms with E-state index in [1.807, 2.05) is 6.92 Å². The number of carbonyl (C=O) groups excluding carboxylic acids is 2. The van der Waals surface area contributed by atoms with Gasteiger partial charge >= 0.3 is 0 Å². The van der Waals surface area contributed by atoms with Crippen LogP contribution in [0.15, 0.2) is 40.8 Å². The maximum absolute atomic E-state index is 13.0. The van der Waals surface area contributed by atoms with Crippen LogP contribution in [-0.2, 0) is 4.79 Å². The Morgan fingerprint density at radius 1 is 1.07 bits per heavy atom. The first-order valence-corrected chi connectivity index (χ1v) is 9.04. The average molecular weight is 402 g/mol. The Labute approximate surface area is 167 Å². The molecule has 146 valence electrons. The molecule has 28 heavy (non-hydrogen) atoms. The van der Waals surface area contributed by atoms with Crippen LogP contribution in [0.3, 0.4) is 0 Å². The highest BCUT2D eigenvalue weighted by Gasteiger charge is 2.21. The summed E-state index contributed by atoms with van der Waals surface area (Å²) >= 11 is 5.78. The van der Waals surface area contributed by atoms with E-state index in [0.717, 1.165) is 10.9 Å². The van der Waals surface area contributed by atoms with Crippen LogP contribution in [0.1, 0.15) is 28.6 Å². The molecule has 7 heteroatoms. The number of ketones is 1. The molecule has 6 nitrogen and oxygen atoms in total. The van der Waals surface area contributed by atoms with Gasteiger partial charge in [-0.2, -0.15) is 0 Å². The zero-order valence-corrected chi connectivity index (χ0v) is 16.7. The minimum Gasteiger partial charge on any atom is -0.493 e. The first-order chi connectivity index (χ1) is 13.3. The number of anilines is 1. The van der Waals surface area contributed by atoms with Gasteiger partial charge in [0.2, 0.25) is 11.7 Å². The molecule has 1 heterocycles. The second kappa shape index (κ2) is 7.94. The standard InChI is InChI=1S/C21H20ClNO5/c1-11-15-7-6-14(23-21(25)12(2)22)10-17(15)28-20(11)19(24)13-5-8-16(26-3)18(9-13)27-4/h5-10,12H,1-4H3,(H,23,25). The van der Waals surface area contributed by atoms with Crippen LogP contribution in [0.4, 0.5) is 5.69 Å². The third-order valence-electron chi connectivity index (χ3n) is 4.42. The average Bonchev–Trinajstić information content (AvgIpc) is 3.02. The van der Waals surface area contributed by atoms with Crippen LogP contribution < -0.4 is 14.8 Å². The molecule has 2 aromatic carbocycles. The molecule has 0 saturated carbocycles. The van der Waals surface area contributed by atoms with Gasteiger partial charge in [-0.15, -0.1) is 11.6 Å². The molecule has 3 rings (SSSR count). The van der Waals surface area contributed by atoms with E-state index in [0.29, 0.717) is 28.3 Å². The van der Waals surface area contributed by atoms with Crippen molar-refractivity contribution in [2.75, 3.05) is 19.5 Å². The number of ether oxygens (including phenoxy) is 2. The lowest BCUT2D eigenvalue weighted by molar-refractivity contribution is -0.115. The predicted molar refractivity (Wildman–Crippen MR) is 108 cm³/mol. The summed E-state index contributed by atoms with van der Waals surface area (Å²) in [6.45, 7) is 3.41. The van der Waals surface area contributed by atoms with E-state index >= 15 is 0 Å². The molecule has 0 aliphatic rings. The summed E-state index contributed by atoms with van der Waals surface area (Å²) in [6, 6.07) is 10.2. The van der Waals surface area contributed by atoms with E-state index in [9.17, 15) is 9.59 Å². The van der Waals surface area contributed by atoms with Gasteiger partial charge in [-0.1, -0.05) is 0 Å². The number of alkyl halides is 1. The van der Waals surface area contributed by atoms with Gasteiger partial charge in [0.05, 0.1) is 14.2 Å². The molecule has 1 N–H and O–H groups in total. The Balaban J connectivity index is 1.98. The number of rotatable bonds is 6. The summed E-state index contributed by atoms with van der Waals surface area (Å²) in [5.74, 6) is 0.647. The summed E-state index contributed by atoms with van der Waals surface area (Å²) in [5.41, 5.74) is 2.19. The van der Waals surface area contributed by atoms with Crippen molar-refractivity contribution in [3.05, 3.63) is 53.3 Å².